The van der Waals surface area contributed by atoms with E-state index in [4.69, 9.17) is 4.74 Å². The molecule has 1 aromatic carbocycles. The summed E-state index contributed by atoms with van der Waals surface area (Å²) in [6, 6.07) is 14.2. The van der Waals surface area contributed by atoms with Gasteiger partial charge in [-0.2, -0.15) is 0 Å². The van der Waals surface area contributed by atoms with Crippen LogP contribution in [0.5, 0.6) is 11.5 Å². The Bertz CT molecular complexity index is 1190. The minimum Gasteiger partial charge on any atom is -0.456 e. The first-order chi connectivity index (χ1) is 13.1. The van der Waals surface area contributed by atoms with Gasteiger partial charge in [0.2, 0.25) is 0 Å². The molecule has 0 bridgehead atoms. The van der Waals surface area contributed by atoms with E-state index in [-0.39, 0.29) is 10.8 Å². The normalized spacial score (nSPS) is 11.6. The molecular formula is C19H16N4O3S. The lowest BCUT2D eigenvalue weighted by Gasteiger charge is -2.08. The second-order valence-corrected chi connectivity index (χ2v) is 8.02. The highest BCUT2D eigenvalue weighted by atomic mass is 32.2. The van der Waals surface area contributed by atoms with Gasteiger partial charge >= 0.3 is 0 Å². The first-order valence-electron chi connectivity index (χ1n) is 8.32. The zero-order chi connectivity index (χ0) is 18.9. The van der Waals surface area contributed by atoms with Crippen molar-refractivity contribution in [3.05, 3.63) is 67.3 Å². The molecule has 0 spiro atoms. The van der Waals surface area contributed by atoms with Crippen molar-refractivity contribution < 1.29 is 13.2 Å². The fraction of sp³-hybridized carbons (Fsp3) is 0.105. The maximum atomic E-state index is 11.8. The van der Waals surface area contributed by atoms with Gasteiger partial charge in [-0.25, -0.2) is 23.4 Å². The van der Waals surface area contributed by atoms with E-state index in [2.05, 4.69) is 15.0 Å². The van der Waals surface area contributed by atoms with E-state index >= 15 is 0 Å². The SMILES string of the molecule is CCS(=O)(=O)c1ccc(Oc2ccc3ncn(-c4ccccn4)c3c2)cn1. The first-order valence-corrected chi connectivity index (χ1v) is 9.97. The molecule has 0 aliphatic rings. The van der Waals surface area contributed by atoms with E-state index in [1.165, 1.54) is 12.3 Å². The molecule has 0 N–H and O–H groups in total. The lowest BCUT2D eigenvalue weighted by molar-refractivity contribution is 0.479. The van der Waals surface area contributed by atoms with Crippen molar-refractivity contribution in [3.8, 4) is 17.3 Å². The van der Waals surface area contributed by atoms with Crippen LogP contribution in [0.25, 0.3) is 16.9 Å². The van der Waals surface area contributed by atoms with Crippen molar-refractivity contribution in [1.29, 1.82) is 0 Å². The highest BCUT2D eigenvalue weighted by Crippen LogP contribution is 2.26. The number of pyridine rings is 2. The van der Waals surface area contributed by atoms with E-state index in [1.54, 1.807) is 31.6 Å². The summed E-state index contributed by atoms with van der Waals surface area (Å²) in [6.07, 6.45) is 4.84. The lowest BCUT2D eigenvalue weighted by atomic mass is 10.3. The summed E-state index contributed by atoms with van der Waals surface area (Å²) in [5.41, 5.74) is 1.67. The zero-order valence-electron chi connectivity index (χ0n) is 14.5. The van der Waals surface area contributed by atoms with Crippen LogP contribution in [0.1, 0.15) is 6.92 Å². The molecule has 0 unspecified atom stereocenters. The summed E-state index contributed by atoms with van der Waals surface area (Å²) in [7, 11) is -3.33. The number of ether oxygens (including phenoxy) is 1. The van der Waals surface area contributed by atoms with E-state index < -0.39 is 9.84 Å². The van der Waals surface area contributed by atoms with Crippen LogP contribution in [0.3, 0.4) is 0 Å². The van der Waals surface area contributed by atoms with Gasteiger partial charge in [-0.1, -0.05) is 13.0 Å². The van der Waals surface area contributed by atoms with E-state index in [9.17, 15) is 8.42 Å². The van der Waals surface area contributed by atoms with Crippen LogP contribution >= 0.6 is 0 Å². The smallest absolute Gasteiger partial charge is 0.195 e. The summed E-state index contributed by atoms with van der Waals surface area (Å²) in [4.78, 5) is 12.7. The van der Waals surface area contributed by atoms with Gasteiger partial charge in [0.1, 0.15) is 23.6 Å². The number of aromatic nitrogens is 4. The highest BCUT2D eigenvalue weighted by Gasteiger charge is 2.13. The maximum absolute atomic E-state index is 11.8. The molecule has 0 radical (unpaired) electrons. The Labute approximate surface area is 156 Å². The Kier molecular flexibility index (Phi) is 4.33. The molecule has 27 heavy (non-hydrogen) atoms. The molecule has 4 aromatic rings. The molecule has 0 amide bonds. The third-order valence-corrected chi connectivity index (χ3v) is 5.70. The van der Waals surface area contributed by atoms with Gasteiger partial charge in [-0.05, 0) is 36.4 Å². The third kappa shape index (κ3) is 3.39. The van der Waals surface area contributed by atoms with Gasteiger partial charge in [-0.3, -0.25) is 4.57 Å². The minimum absolute atomic E-state index is 0.00832. The van der Waals surface area contributed by atoms with Crippen molar-refractivity contribution in [3.63, 3.8) is 0 Å². The Balaban J connectivity index is 1.65. The molecule has 0 fully saturated rings. The van der Waals surface area contributed by atoms with Crippen LogP contribution in [0.4, 0.5) is 0 Å². The van der Waals surface area contributed by atoms with Crippen LogP contribution in [0.2, 0.25) is 0 Å². The standard InChI is InChI=1S/C19H16N4O3S/c1-2-27(24,25)19-9-7-15(12-21-19)26-14-6-8-16-17(11-14)23(13-22-16)18-5-3-4-10-20-18/h3-13H,2H2,1H3. The minimum atomic E-state index is -3.33. The van der Waals surface area contributed by atoms with Crippen molar-refractivity contribution >= 4 is 20.9 Å². The average Bonchev–Trinajstić information content (AvgIpc) is 3.12. The molecule has 0 saturated heterocycles. The van der Waals surface area contributed by atoms with Gasteiger partial charge in [0.15, 0.2) is 14.9 Å². The number of sulfone groups is 1. The second kappa shape index (κ2) is 6.81. The molecule has 0 saturated carbocycles. The van der Waals surface area contributed by atoms with Gasteiger partial charge in [0, 0.05) is 12.3 Å². The van der Waals surface area contributed by atoms with E-state index in [0.717, 1.165) is 16.9 Å². The van der Waals surface area contributed by atoms with E-state index in [1.807, 2.05) is 34.9 Å². The summed E-state index contributed by atoms with van der Waals surface area (Å²) >= 11 is 0. The molecular weight excluding hydrogens is 364 g/mol. The summed E-state index contributed by atoms with van der Waals surface area (Å²) < 4.78 is 31.4. The lowest BCUT2D eigenvalue weighted by Crippen LogP contribution is -2.05. The number of hydrogen-bond acceptors (Lipinski definition) is 6. The quantitative estimate of drug-likeness (QED) is 0.527. The van der Waals surface area contributed by atoms with E-state index in [0.29, 0.717) is 11.5 Å². The molecule has 0 aliphatic carbocycles. The first kappa shape index (κ1) is 17.2. The molecule has 0 atom stereocenters. The number of imidazole rings is 1. The summed E-state index contributed by atoms with van der Waals surface area (Å²) in [6.45, 7) is 1.58. The second-order valence-electron chi connectivity index (χ2n) is 5.79. The topological polar surface area (TPSA) is 87.0 Å². The van der Waals surface area contributed by atoms with Gasteiger partial charge < -0.3 is 4.74 Å². The van der Waals surface area contributed by atoms with Crippen molar-refractivity contribution in [2.24, 2.45) is 0 Å². The van der Waals surface area contributed by atoms with Crippen LogP contribution in [0.15, 0.2) is 72.3 Å². The van der Waals surface area contributed by atoms with Gasteiger partial charge in [-0.15, -0.1) is 0 Å². The fourth-order valence-electron chi connectivity index (χ4n) is 2.62. The highest BCUT2D eigenvalue weighted by molar-refractivity contribution is 7.91. The predicted octanol–water partition coefficient (Wildman–Crippen LogP) is 3.40. The Morgan fingerprint density at radius 2 is 1.85 bits per heavy atom. The van der Waals surface area contributed by atoms with Crippen LogP contribution in [0, 0.1) is 0 Å². The van der Waals surface area contributed by atoms with Crippen LogP contribution < -0.4 is 4.74 Å². The van der Waals surface area contributed by atoms with Crippen LogP contribution in [-0.4, -0.2) is 33.7 Å². The summed E-state index contributed by atoms with van der Waals surface area (Å²) in [5.74, 6) is 1.81. The zero-order valence-corrected chi connectivity index (χ0v) is 15.3. The van der Waals surface area contributed by atoms with Gasteiger partial charge in [0.25, 0.3) is 0 Å². The number of nitrogens with zero attached hydrogens (tertiary/aromatic N) is 4. The Morgan fingerprint density at radius 3 is 2.56 bits per heavy atom. The van der Waals surface area contributed by atoms with Crippen LogP contribution in [-0.2, 0) is 9.84 Å². The molecule has 7 nitrogen and oxygen atoms in total. The molecule has 4 rings (SSSR count). The van der Waals surface area contributed by atoms with Crippen molar-refractivity contribution in [1.82, 2.24) is 19.5 Å². The molecule has 3 aromatic heterocycles. The summed E-state index contributed by atoms with van der Waals surface area (Å²) in [5, 5.41) is 0.0426. The molecule has 8 heteroatoms. The molecule has 136 valence electrons. The van der Waals surface area contributed by atoms with Crippen molar-refractivity contribution in [2.75, 3.05) is 5.75 Å². The molecule has 3 heterocycles. The maximum Gasteiger partial charge on any atom is 0.195 e. The number of hydrogen-bond donors (Lipinski definition) is 0. The fourth-order valence-corrected chi connectivity index (χ4v) is 3.41. The van der Waals surface area contributed by atoms with Gasteiger partial charge in [0.05, 0.1) is 23.0 Å². The monoisotopic (exact) mass is 380 g/mol. The Morgan fingerprint density at radius 1 is 1.00 bits per heavy atom. The predicted molar refractivity (Wildman–Crippen MR) is 101 cm³/mol. The number of benzene rings is 1. The third-order valence-electron chi connectivity index (χ3n) is 4.06. The Hall–Kier alpha value is -3.26. The number of rotatable bonds is 5. The average molecular weight is 380 g/mol. The largest absolute Gasteiger partial charge is 0.456 e. The van der Waals surface area contributed by atoms with Crippen molar-refractivity contribution in [2.45, 2.75) is 11.9 Å². The molecule has 0 aliphatic heterocycles. The number of fused-ring (bicyclic) bond motifs is 1.